The van der Waals surface area contributed by atoms with E-state index in [1.54, 1.807) is 0 Å². The van der Waals surface area contributed by atoms with Gasteiger partial charge >= 0.3 is 11.9 Å². The number of carbonyl (C=O) groups excluding carboxylic acids is 2. The third kappa shape index (κ3) is 46.8. The number of rotatable bonds is 47. The van der Waals surface area contributed by atoms with Gasteiger partial charge in [-0.1, -0.05) is 205 Å². The monoisotopic (exact) mass is 815 g/mol. The van der Waals surface area contributed by atoms with Gasteiger partial charge in [0.2, 0.25) is 0 Å². The lowest BCUT2D eigenvalue weighted by atomic mass is 10.1. The Bertz CT molecular complexity index is 924. The smallest absolute Gasteiger partial charge is 0.306 e. The van der Waals surface area contributed by atoms with Crippen LogP contribution in [0.15, 0.2) is 36.5 Å². The average molecular weight is 815 g/mol. The second-order valence-corrected chi connectivity index (χ2v) is 17.1. The van der Waals surface area contributed by atoms with Crippen molar-refractivity contribution in [2.24, 2.45) is 0 Å². The van der Waals surface area contributed by atoms with Crippen LogP contribution in [-0.2, 0) is 23.8 Å². The zero-order valence-electron chi connectivity index (χ0n) is 39.1. The summed E-state index contributed by atoms with van der Waals surface area (Å²) in [5.74, 6) is -0.405. The van der Waals surface area contributed by atoms with Gasteiger partial charge in [0.05, 0.1) is 6.61 Å². The summed E-state index contributed by atoms with van der Waals surface area (Å²) < 4.78 is 17.4. The fourth-order valence-corrected chi connectivity index (χ4v) is 7.23. The molecule has 1 atom stereocenters. The quantitative estimate of drug-likeness (QED) is 0.0348. The summed E-state index contributed by atoms with van der Waals surface area (Å²) in [6.45, 7) is 7.76. The van der Waals surface area contributed by atoms with Crippen LogP contribution in [0, 0.1) is 0 Å². The lowest BCUT2D eigenvalue weighted by Crippen LogP contribution is -2.30. The summed E-state index contributed by atoms with van der Waals surface area (Å²) in [5, 5.41) is 0. The molecule has 0 spiro atoms. The van der Waals surface area contributed by atoms with Crippen molar-refractivity contribution in [1.82, 2.24) is 0 Å². The van der Waals surface area contributed by atoms with Gasteiger partial charge in [0, 0.05) is 19.4 Å². The van der Waals surface area contributed by atoms with E-state index in [1.807, 2.05) is 0 Å². The number of allylic oxidation sites excluding steroid dienone is 6. The molecule has 0 bridgehead atoms. The average Bonchev–Trinajstić information content (AvgIpc) is 3.22. The van der Waals surface area contributed by atoms with E-state index in [1.165, 1.54) is 180 Å². The van der Waals surface area contributed by atoms with Gasteiger partial charge in [-0.2, -0.15) is 0 Å². The first-order chi connectivity index (χ1) is 28.6. The summed E-state index contributed by atoms with van der Waals surface area (Å²) >= 11 is 0. The predicted molar refractivity (Wildman–Crippen MR) is 252 cm³/mol. The second kappa shape index (κ2) is 49.5. The highest BCUT2D eigenvalue weighted by molar-refractivity contribution is 5.70. The van der Waals surface area contributed by atoms with E-state index in [0.717, 1.165) is 51.4 Å². The van der Waals surface area contributed by atoms with Crippen molar-refractivity contribution >= 4 is 11.9 Å². The molecule has 0 saturated heterocycles. The predicted octanol–water partition coefficient (Wildman–Crippen LogP) is 17.0. The fraction of sp³-hybridized carbons (Fsp3) is 0.849. The van der Waals surface area contributed by atoms with E-state index in [9.17, 15) is 9.59 Å². The Labute approximate surface area is 361 Å². The molecule has 340 valence electrons. The molecular formula is C53H98O5. The molecule has 0 saturated carbocycles. The zero-order chi connectivity index (χ0) is 42.1. The largest absolute Gasteiger partial charge is 0.462 e. The number of ether oxygens (including phenoxy) is 3. The van der Waals surface area contributed by atoms with Crippen molar-refractivity contribution < 1.29 is 23.8 Å². The molecule has 0 N–H and O–H groups in total. The first-order valence-electron chi connectivity index (χ1n) is 25.5. The molecule has 0 aliphatic heterocycles. The third-order valence-corrected chi connectivity index (χ3v) is 11.1. The van der Waals surface area contributed by atoms with E-state index in [0.29, 0.717) is 19.4 Å². The highest BCUT2D eigenvalue weighted by Crippen LogP contribution is 2.14. The Balaban J connectivity index is 4.18. The SMILES string of the molecule is CCCC/C=C\CCCCCCCCOCC(COC(=O)CCCCCCCCCCC/C=C\CCCCCCCC)OC(=O)CCCCCCC/C=C\CCCC. The van der Waals surface area contributed by atoms with Gasteiger partial charge in [0.15, 0.2) is 6.10 Å². The van der Waals surface area contributed by atoms with Crippen molar-refractivity contribution in [3.8, 4) is 0 Å². The lowest BCUT2D eigenvalue weighted by Gasteiger charge is -2.18. The Morgan fingerprint density at radius 3 is 1.10 bits per heavy atom. The van der Waals surface area contributed by atoms with Crippen LogP contribution in [0.25, 0.3) is 0 Å². The standard InChI is InChI=1S/C53H98O5/c1-4-7-10-13-16-19-22-24-25-26-27-28-29-30-32-34-37-40-43-46-52(54)57-50-51(49-56-48-45-42-39-36-33-23-20-17-14-11-8-5-2)58-53(55)47-44-41-38-35-31-21-18-15-12-9-6-3/h14-15,17-18,24-25,51H,4-13,16,19-23,26-50H2,1-3H3/b17-14-,18-15-,25-24-. The van der Waals surface area contributed by atoms with Crippen LogP contribution in [0.4, 0.5) is 0 Å². The number of hydrogen-bond acceptors (Lipinski definition) is 5. The van der Waals surface area contributed by atoms with E-state index in [4.69, 9.17) is 14.2 Å². The van der Waals surface area contributed by atoms with Gasteiger partial charge < -0.3 is 14.2 Å². The van der Waals surface area contributed by atoms with Crippen molar-refractivity contribution in [1.29, 1.82) is 0 Å². The van der Waals surface area contributed by atoms with Crippen LogP contribution >= 0.6 is 0 Å². The molecule has 0 aromatic carbocycles. The molecular weight excluding hydrogens is 717 g/mol. The normalized spacial score (nSPS) is 12.4. The number of esters is 2. The van der Waals surface area contributed by atoms with Gasteiger partial charge in [-0.25, -0.2) is 0 Å². The first kappa shape index (κ1) is 56.1. The van der Waals surface area contributed by atoms with Crippen LogP contribution < -0.4 is 0 Å². The molecule has 5 nitrogen and oxygen atoms in total. The molecule has 1 unspecified atom stereocenters. The maximum atomic E-state index is 12.7. The van der Waals surface area contributed by atoms with Gasteiger partial charge in [-0.15, -0.1) is 0 Å². The molecule has 0 heterocycles. The molecule has 0 aliphatic rings. The Morgan fingerprint density at radius 1 is 0.362 bits per heavy atom. The van der Waals surface area contributed by atoms with Crippen molar-refractivity contribution in [2.75, 3.05) is 19.8 Å². The number of carbonyl (C=O) groups is 2. The topological polar surface area (TPSA) is 61.8 Å². The highest BCUT2D eigenvalue weighted by Gasteiger charge is 2.17. The molecule has 0 aromatic heterocycles. The number of unbranched alkanes of at least 4 members (excludes halogenated alkanes) is 30. The molecule has 0 rings (SSSR count). The van der Waals surface area contributed by atoms with Gasteiger partial charge in [0.25, 0.3) is 0 Å². The lowest BCUT2D eigenvalue weighted by molar-refractivity contribution is -0.163. The molecule has 58 heavy (non-hydrogen) atoms. The van der Waals surface area contributed by atoms with Crippen molar-refractivity contribution in [3.05, 3.63) is 36.5 Å². The van der Waals surface area contributed by atoms with Crippen molar-refractivity contribution in [3.63, 3.8) is 0 Å². The van der Waals surface area contributed by atoms with Gasteiger partial charge in [-0.05, 0) is 83.5 Å². The van der Waals surface area contributed by atoms with Crippen LogP contribution in [0.1, 0.15) is 265 Å². The minimum atomic E-state index is -0.539. The summed E-state index contributed by atoms with van der Waals surface area (Å²) in [6.07, 6.45) is 58.6. The Kier molecular flexibility index (Phi) is 47.9. The maximum Gasteiger partial charge on any atom is 0.306 e. The van der Waals surface area contributed by atoms with E-state index in [-0.39, 0.29) is 25.2 Å². The minimum absolute atomic E-state index is 0.0815. The highest BCUT2D eigenvalue weighted by atomic mass is 16.6. The van der Waals surface area contributed by atoms with E-state index in [2.05, 4.69) is 57.2 Å². The fourth-order valence-electron chi connectivity index (χ4n) is 7.23. The van der Waals surface area contributed by atoms with Crippen LogP contribution in [-0.4, -0.2) is 37.9 Å². The Morgan fingerprint density at radius 2 is 0.690 bits per heavy atom. The van der Waals surface area contributed by atoms with Crippen LogP contribution in [0.3, 0.4) is 0 Å². The first-order valence-corrected chi connectivity index (χ1v) is 25.5. The molecule has 0 radical (unpaired) electrons. The summed E-state index contributed by atoms with van der Waals surface area (Å²) in [7, 11) is 0. The van der Waals surface area contributed by atoms with Crippen LogP contribution in [0.5, 0.6) is 0 Å². The van der Waals surface area contributed by atoms with Crippen molar-refractivity contribution in [2.45, 2.75) is 271 Å². The van der Waals surface area contributed by atoms with E-state index < -0.39 is 6.10 Å². The Hall–Kier alpha value is -1.88. The summed E-state index contributed by atoms with van der Waals surface area (Å²) in [6, 6.07) is 0. The molecule has 0 fully saturated rings. The zero-order valence-corrected chi connectivity index (χ0v) is 39.1. The third-order valence-electron chi connectivity index (χ3n) is 11.1. The van der Waals surface area contributed by atoms with Gasteiger partial charge in [0.1, 0.15) is 6.61 Å². The van der Waals surface area contributed by atoms with E-state index >= 15 is 0 Å². The maximum absolute atomic E-state index is 12.7. The minimum Gasteiger partial charge on any atom is -0.462 e. The molecule has 0 aliphatic carbocycles. The summed E-state index contributed by atoms with van der Waals surface area (Å²) in [4.78, 5) is 25.3. The van der Waals surface area contributed by atoms with Crippen LogP contribution in [0.2, 0.25) is 0 Å². The molecule has 5 heteroatoms. The van der Waals surface area contributed by atoms with Gasteiger partial charge in [-0.3, -0.25) is 9.59 Å². The summed E-state index contributed by atoms with van der Waals surface area (Å²) in [5.41, 5.74) is 0. The molecule has 0 amide bonds. The number of hydrogen-bond donors (Lipinski definition) is 0. The second-order valence-electron chi connectivity index (χ2n) is 17.1. The molecule has 0 aromatic rings.